The molecule has 12 nitrogen and oxygen atoms in total. The van der Waals surface area contributed by atoms with Crippen LogP contribution < -0.4 is 21.5 Å². The smallest absolute Gasteiger partial charge is 0.382 e. The van der Waals surface area contributed by atoms with Crippen LogP contribution in [-0.2, 0) is 22.7 Å². The minimum Gasteiger partial charge on any atom is -0.465 e. The van der Waals surface area contributed by atoms with Gasteiger partial charge in [-0.2, -0.15) is 4.68 Å². The summed E-state index contributed by atoms with van der Waals surface area (Å²) in [6.07, 6.45) is 0. The van der Waals surface area contributed by atoms with Crippen molar-refractivity contribution in [3.05, 3.63) is 121 Å². The number of esters is 1. The lowest BCUT2D eigenvalue weighted by molar-refractivity contribution is -0.118. The van der Waals surface area contributed by atoms with E-state index >= 15 is 0 Å². The van der Waals surface area contributed by atoms with Crippen LogP contribution in [0.2, 0.25) is 5.02 Å². The Hall–Kier alpha value is -4.94. The molecule has 1 heterocycles. The van der Waals surface area contributed by atoms with E-state index in [4.69, 9.17) is 21.2 Å². The van der Waals surface area contributed by atoms with E-state index in [9.17, 15) is 29.1 Å². The number of ketones is 1. The number of rotatable bonds is 11. The predicted octanol–water partition coefficient (Wildman–Crippen LogP) is 2.30. The number of Topliss-reactive ketones (excluding diaryl/α,β-unsaturated/α-hetero) is 1. The highest BCUT2D eigenvalue weighted by atomic mass is 35.5. The van der Waals surface area contributed by atoms with E-state index in [-0.39, 0.29) is 41.6 Å². The standard InChI is InChI=1S/C29H27ClN4O8/c1-3-42-34-29(40)33(28(39)32(34)16-18-7-5-4-6-8-18)24(25(36)20-11-9-19(17-35)10-12-20)26(37)31-23-15-21(27(38)41-2)13-14-22(23)30/h4-15,24,35H,3,16-17H2,1-2H3,(H,31,37). The molecule has 0 radical (unpaired) electrons. The number of hydrogen-bond donors (Lipinski definition) is 2. The minimum absolute atomic E-state index is 0.00150. The molecule has 1 amide bonds. The van der Waals surface area contributed by atoms with Crippen molar-refractivity contribution in [1.29, 1.82) is 0 Å². The third kappa shape index (κ3) is 6.19. The van der Waals surface area contributed by atoms with Crippen molar-refractivity contribution < 1.29 is 29.1 Å². The van der Waals surface area contributed by atoms with Gasteiger partial charge >= 0.3 is 17.3 Å². The molecule has 0 aliphatic heterocycles. The summed E-state index contributed by atoms with van der Waals surface area (Å²) in [4.78, 5) is 73.2. The summed E-state index contributed by atoms with van der Waals surface area (Å²) in [6, 6.07) is 16.4. The minimum atomic E-state index is -2.01. The molecule has 1 aromatic heterocycles. The molecule has 2 N–H and O–H groups in total. The third-order valence-electron chi connectivity index (χ3n) is 6.26. The summed E-state index contributed by atoms with van der Waals surface area (Å²) < 4.78 is 6.20. The van der Waals surface area contributed by atoms with Crippen molar-refractivity contribution in [2.45, 2.75) is 26.1 Å². The number of ether oxygens (including phenoxy) is 1. The second-order valence-electron chi connectivity index (χ2n) is 8.97. The van der Waals surface area contributed by atoms with Crippen molar-refractivity contribution in [2.24, 2.45) is 0 Å². The zero-order valence-electron chi connectivity index (χ0n) is 22.7. The van der Waals surface area contributed by atoms with Gasteiger partial charge in [-0.25, -0.2) is 19.0 Å². The van der Waals surface area contributed by atoms with Crippen LogP contribution in [0.1, 0.15) is 44.8 Å². The molecular weight excluding hydrogens is 568 g/mol. The molecule has 1 unspecified atom stereocenters. The number of anilines is 1. The lowest BCUT2D eigenvalue weighted by Gasteiger charge is -2.17. The third-order valence-corrected chi connectivity index (χ3v) is 6.59. The number of aliphatic hydroxyl groups excluding tert-OH is 1. The molecule has 0 bridgehead atoms. The molecule has 42 heavy (non-hydrogen) atoms. The molecule has 1 atom stereocenters. The second kappa shape index (κ2) is 13.1. The maximum atomic E-state index is 13.8. The number of amides is 1. The average molecular weight is 595 g/mol. The summed E-state index contributed by atoms with van der Waals surface area (Å²) >= 11 is 6.26. The number of aliphatic hydroxyl groups is 1. The topological polar surface area (TPSA) is 151 Å². The van der Waals surface area contributed by atoms with Gasteiger partial charge in [-0.15, -0.1) is 0 Å². The lowest BCUT2D eigenvalue weighted by atomic mass is 10.0. The number of carbonyl (C=O) groups excluding carboxylic acids is 3. The first-order valence-corrected chi connectivity index (χ1v) is 13.1. The van der Waals surface area contributed by atoms with Gasteiger partial charge in [0.25, 0.3) is 5.91 Å². The number of halogens is 1. The highest BCUT2D eigenvalue weighted by molar-refractivity contribution is 6.34. The van der Waals surface area contributed by atoms with E-state index in [1.54, 1.807) is 37.3 Å². The Balaban J connectivity index is 1.86. The van der Waals surface area contributed by atoms with Crippen molar-refractivity contribution in [1.82, 2.24) is 14.1 Å². The molecule has 3 aromatic carbocycles. The highest BCUT2D eigenvalue weighted by Gasteiger charge is 2.36. The van der Waals surface area contributed by atoms with Gasteiger partial charge in [0.05, 0.1) is 36.5 Å². The number of nitrogens with one attached hydrogen (secondary N) is 1. The first kappa shape index (κ1) is 30.0. The first-order valence-electron chi connectivity index (χ1n) is 12.7. The maximum absolute atomic E-state index is 13.8. The average Bonchev–Trinajstić information content (AvgIpc) is 3.22. The summed E-state index contributed by atoms with van der Waals surface area (Å²) in [6.45, 7) is 1.23. The van der Waals surface area contributed by atoms with Crippen LogP contribution >= 0.6 is 11.6 Å². The van der Waals surface area contributed by atoms with Crippen LogP contribution in [0.15, 0.2) is 82.4 Å². The zero-order valence-corrected chi connectivity index (χ0v) is 23.4. The van der Waals surface area contributed by atoms with E-state index < -0.39 is 35.1 Å². The maximum Gasteiger partial charge on any atom is 0.382 e. The van der Waals surface area contributed by atoms with E-state index in [2.05, 4.69) is 5.32 Å². The van der Waals surface area contributed by atoms with Crippen molar-refractivity contribution >= 4 is 34.9 Å². The normalized spacial score (nSPS) is 11.5. The van der Waals surface area contributed by atoms with Gasteiger partial charge in [0.1, 0.15) is 6.61 Å². The van der Waals surface area contributed by atoms with Crippen LogP contribution in [0.25, 0.3) is 0 Å². The van der Waals surface area contributed by atoms with Gasteiger partial charge in [0.2, 0.25) is 0 Å². The van der Waals surface area contributed by atoms with Crippen LogP contribution in [-0.4, -0.2) is 50.6 Å². The van der Waals surface area contributed by atoms with Crippen molar-refractivity contribution in [3.8, 4) is 0 Å². The van der Waals surface area contributed by atoms with E-state index in [1.807, 2.05) is 0 Å². The number of aromatic nitrogens is 3. The fourth-order valence-corrected chi connectivity index (χ4v) is 4.35. The molecule has 13 heteroatoms. The van der Waals surface area contributed by atoms with E-state index in [0.717, 1.165) is 4.68 Å². The van der Waals surface area contributed by atoms with E-state index in [0.29, 0.717) is 20.5 Å². The molecule has 0 aliphatic rings. The van der Waals surface area contributed by atoms with Gasteiger partial charge in [0.15, 0.2) is 11.8 Å². The first-order chi connectivity index (χ1) is 20.2. The Labute approximate surface area is 244 Å². The summed E-state index contributed by atoms with van der Waals surface area (Å²) in [5.41, 5.74) is -0.886. The predicted molar refractivity (Wildman–Crippen MR) is 153 cm³/mol. The number of nitrogens with zero attached hydrogens (tertiary/aromatic N) is 3. The van der Waals surface area contributed by atoms with Gasteiger partial charge in [-0.05, 0) is 36.2 Å². The monoisotopic (exact) mass is 594 g/mol. The Bertz CT molecular complexity index is 1730. The van der Waals surface area contributed by atoms with Gasteiger partial charge in [-0.3, -0.25) is 9.59 Å². The van der Waals surface area contributed by atoms with Crippen molar-refractivity contribution in [3.63, 3.8) is 0 Å². The Morgan fingerprint density at radius 1 is 0.929 bits per heavy atom. The molecule has 0 fully saturated rings. The number of benzene rings is 3. The Kier molecular flexibility index (Phi) is 9.40. The highest BCUT2D eigenvalue weighted by Crippen LogP contribution is 2.25. The lowest BCUT2D eigenvalue weighted by Crippen LogP contribution is -2.43. The zero-order chi connectivity index (χ0) is 30.4. The summed E-state index contributed by atoms with van der Waals surface area (Å²) in [5.74, 6) is -2.67. The van der Waals surface area contributed by atoms with Gasteiger partial charge in [-0.1, -0.05) is 71.0 Å². The van der Waals surface area contributed by atoms with Crippen LogP contribution in [0.4, 0.5) is 5.69 Å². The molecule has 0 aliphatic carbocycles. The second-order valence-corrected chi connectivity index (χ2v) is 9.37. The molecular formula is C29H27ClN4O8. The molecule has 4 aromatic rings. The molecule has 0 saturated carbocycles. The quantitative estimate of drug-likeness (QED) is 0.152. The SMILES string of the molecule is CCOn1c(=O)n(C(C(=O)Nc2cc(C(=O)OC)ccc2Cl)C(=O)c2ccc(CO)cc2)c(=O)n1Cc1ccccc1. The van der Waals surface area contributed by atoms with Crippen LogP contribution in [0.5, 0.6) is 0 Å². The van der Waals surface area contributed by atoms with Crippen molar-refractivity contribution in [2.75, 3.05) is 19.0 Å². The Morgan fingerprint density at radius 3 is 2.21 bits per heavy atom. The fourth-order valence-electron chi connectivity index (χ4n) is 4.19. The summed E-state index contributed by atoms with van der Waals surface area (Å²) in [5, 5.41) is 11.9. The van der Waals surface area contributed by atoms with E-state index in [1.165, 1.54) is 49.6 Å². The van der Waals surface area contributed by atoms with Crippen LogP contribution in [0, 0.1) is 0 Å². The summed E-state index contributed by atoms with van der Waals surface area (Å²) in [7, 11) is 1.18. The van der Waals surface area contributed by atoms with Gasteiger partial charge < -0.3 is 20.0 Å². The number of methoxy groups -OCH3 is 1. The fraction of sp³-hybridized carbons (Fsp3) is 0.207. The molecule has 0 spiro atoms. The van der Waals surface area contributed by atoms with Gasteiger partial charge in [0, 0.05) is 5.56 Å². The van der Waals surface area contributed by atoms with Crippen LogP contribution in [0.3, 0.4) is 0 Å². The number of carbonyl (C=O) groups is 3. The molecule has 4 rings (SSSR count). The molecule has 0 saturated heterocycles. The molecule has 218 valence electrons. The number of hydrogen-bond acceptors (Lipinski definition) is 8. The Morgan fingerprint density at radius 2 is 1.60 bits per heavy atom. The largest absolute Gasteiger partial charge is 0.465 e.